The molecule has 1 aromatic heterocycles. The summed E-state index contributed by atoms with van der Waals surface area (Å²) in [7, 11) is 3.97. The van der Waals surface area contributed by atoms with Gasteiger partial charge in [-0.3, -0.25) is 4.79 Å². The van der Waals surface area contributed by atoms with E-state index < -0.39 is 0 Å². The van der Waals surface area contributed by atoms with E-state index in [2.05, 4.69) is 26.2 Å². The summed E-state index contributed by atoms with van der Waals surface area (Å²) in [6.07, 6.45) is 1.69. The summed E-state index contributed by atoms with van der Waals surface area (Å²) in [5.41, 5.74) is 3.82. The molecule has 4 nitrogen and oxygen atoms in total. The standard InChI is InChI=1S/C16H18BrN3O/c1-10-8-15(18-9-13(10)17)19-16(21)12-5-6-14(20(3)4)11(2)7-12/h5-9H,1-4H3,(H,18,19,21). The topological polar surface area (TPSA) is 45.2 Å². The number of benzene rings is 1. The van der Waals surface area contributed by atoms with Crippen molar-refractivity contribution in [2.24, 2.45) is 0 Å². The Hall–Kier alpha value is -1.88. The first-order valence-electron chi connectivity index (χ1n) is 6.60. The van der Waals surface area contributed by atoms with Crippen molar-refractivity contribution >= 4 is 33.3 Å². The molecule has 0 atom stereocenters. The van der Waals surface area contributed by atoms with Crippen LogP contribution in [0.3, 0.4) is 0 Å². The molecule has 2 aromatic rings. The molecule has 0 bridgehead atoms. The van der Waals surface area contributed by atoms with Crippen LogP contribution in [0.2, 0.25) is 0 Å². The lowest BCUT2D eigenvalue weighted by atomic mass is 10.1. The molecule has 1 aromatic carbocycles. The average Bonchev–Trinajstić information content (AvgIpc) is 2.42. The highest BCUT2D eigenvalue weighted by Crippen LogP contribution is 2.21. The van der Waals surface area contributed by atoms with Crippen LogP contribution in [-0.4, -0.2) is 25.0 Å². The number of hydrogen-bond acceptors (Lipinski definition) is 3. The molecular formula is C16H18BrN3O. The van der Waals surface area contributed by atoms with Crippen LogP contribution in [0.4, 0.5) is 11.5 Å². The van der Waals surface area contributed by atoms with Crippen molar-refractivity contribution in [2.75, 3.05) is 24.3 Å². The molecule has 0 aliphatic heterocycles. The van der Waals surface area contributed by atoms with E-state index >= 15 is 0 Å². The fourth-order valence-electron chi connectivity index (χ4n) is 2.09. The number of carbonyl (C=O) groups excluding carboxylic acids is 1. The van der Waals surface area contributed by atoms with Gasteiger partial charge in [-0.2, -0.15) is 0 Å². The zero-order valence-electron chi connectivity index (χ0n) is 12.6. The van der Waals surface area contributed by atoms with Crippen molar-refractivity contribution in [3.8, 4) is 0 Å². The highest BCUT2D eigenvalue weighted by Gasteiger charge is 2.10. The fourth-order valence-corrected chi connectivity index (χ4v) is 2.31. The van der Waals surface area contributed by atoms with E-state index in [9.17, 15) is 4.79 Å². The molecule has 1 N–H and O–H groups in total. The van der Waals surface area contributed by atoms with Crippen molar-refractivity contribution in [2.45, 2.75) is 13.8 Å². The fraction of sp³-hybridized carbons (Fsp3) is 0.250. The smallest absolute Gasteiger partial charge is 0.256 e. The van der Waals surface area contributed by atoms with Crippen LogP contribution in [-0.2, 0) is 0 Å². The van der Waals surface area contributed by atoms with Gasteiger partial charge < -0.3 is 10.2 Å². The zero-order chi connectivity index (χ0) is 15.6. The molecular weight excluding hydrogens is 330 g/mol. The summed E-state index contributed by atoms with van der Waals surface area (Å²) in [4.78, 5) is 18.5. The van der Waals surface area contributed by atoms with Gasteiger partial charge in [-0.25, -0.2) is 4.98 Å². The van der Waals surface area contributed by atoms with E-state index in [1.54, 1.807) is 6.20 Å². The number of carbonyl (C=O) groups is 1. The normalized spacial score (nSPS) is 10.3. The monoisotopic (exact) mass is 347 g/mol. The number of aromatic nitrogens is 1. The summed E-state index contributed by atoms with van der Waals surface area (Å²) in [5.74, 6) is 0.396. The maximum atomic E-state index is 12.3. The van der Waals surface area contributed by atoms with Crippen LogP contribution in [0.15, 0.2) is 34.9 Å². The summed E-state index contributed by atoms with van der Waals surface area (Å²) < 4.78 is 0.923. The number of nitrogens with one attached hydrogen (secondary N) is 1. The highest BCUT2D eigenvalue weighted by atomic mass is 79.9. The first-order chi connectivity index (χ1) is 9.88. The van der Waals surface area contributed by atoms with Gasteiger partial charge in [0.1, 0.15) is 5.82 Å². The highest BCUT2D eigenvalue weighted by molar-refractivity contribution is 9.10. The second-order valence-electron chi connectivity index (χ2n) is 5.17. The Labute approximate surface area is 133 Å². The molecule has 0 spiro atoms. The van der Waals surface area contributed by atoms with Gasteiger partial charge in [-0.15, -0.1) is 0 Å². The van der Waals surface area contributed by atoms with Gasteiger partial charge >= 0.3 is 0 Å². The van der Waals surface area contributed by atoms with E-state index in [0.29, 0.717) is 11.4 Å². The molecule has 1 heterocycles. The van der Waals surface area contributed by atoms with Gasteiger partial charge in [0.05, 0.1) is 0 Å². The van der Waals surface area contributed by atoms with Crippen LogP contribution >= 0.6 is 15.9 Å². The lowest BCUT2D eigenvalue weighted by molar-refractivity contribution is 0.102. The van der Waals surface area contributed by atoms with Gasteiger partial charge in [-0.1, -0.05) is 0 Å². The maximum absolute atomic E-state index is 12.3. The quantitative estimate of drug-likeness (QED) is 0.918. The molecule has 110 valence electrons. The van der Waals surface area contributed by atoms with Crippen molar-refractivity contribution in [1.82, 2.24) is 4.98 Å². The van der Waals surface area contributed by atoms with Gasteiger partial charge in [0.2, 0.25) is 0 Å². The number of pyridine rings is 1. The Morgan fingerprint density at radius 1 is 1.19 bits per heavy atom. The number of rotatable bonds is 3. The molecule has 0 aliphatic carbocycles. The van der Waals surface area contributed by atoms with E-state index in [1.807, 2.05) is 57.1 Å². The molecule has 0 saturated carbocycles. The molecule has 0 aliphatic rings. The van der Waals surface area contributed by atoms with E-state index in [-0.39, 0.29) is 5.91 Å². The lowest BCUT2D eigenvalue weighted by Crippen LogP contribution is -2.15. The largest absolute Gasteiger partial charge is 0.377 e. The van der Waals surface area contributed by atoms with Crippen molar-refractivity contribution in [3.05, 3.63) is 51.6 Å². The van der Waals surface area contributed by atoms with Crippen LogP contribution < -0.4 is 10.2 Å². The third-order valence-electron chi connectivity index (χ3n) is 3.23. The molecule has 5 heteroatoms. The first kappa shape index (κ1) is 15.5. The van der Waals surface area contributed by atoms with Gasteiger partial charge in [0.25, 0.3) is 5.91 Å². The number of hydrogen-bond donors (Lipinski definition) is 1. The van der Waals surface area contributed by atoms with Crippen LogP contribution in [0.1, 0.15) is 21.5 Å². The van der Waals surface area contributed by atoms with E-state index in [0.717, 1.165) is 21.3 Å². The van der Waals surface area contributed by atoms with E-state index in [1.165, 1.54) is 0 Å². The Morgan fingerprint density at radius 3 is 2.48 bits per heavy atom. The minimum Gasteiger partial charge on any atom is -0.377 e. The minimum atomic E-state index is -0.155. The predicted octanol–water partition coefficient (Wildman–Crippen LogP) is 3.78. The molecule has 1 amide bonds. The average molecular weight is 348 g/mol. The zero-order valence-corrected chi connectivity index (χ0v) is 14.2. The van der Waals surface area contributed by atoms with Crippen LogP contribution in [0, 0.1) is 13.8 Å². The molecule has 0 fully saturated rings. The Morgan fingerprint density at radius 2 is 1.90 bits per heavy atom. The van der Waals surface area contributed by atoms with Crippen LogP contribution in [0.25, 0.3) is 0 Å². The van der Waals surface area contributed by atoms with Gasteiger partial charge in [0.15, 0.2) is 0 Å². The number of aryl methyl sites for hydroxylation is 2. The van der Waals surface area contributed by atoms with Crippen molar-refractivity contribution < 1.29 is 4.79 Å². The Kier molecular flexibility index (Phi) is 4.63. The SMILES string of the molecule is Cc1cc(NC(=O)c2ccc(N(C)C)c(C)c2)ncc1Br. The minimum absolute atomic E-state index is 0.155. The summed E-state index contributed by atoms with van der Waals surface area (Å²) >= 11 is 3.39. The number of amides is 1. The molecule has 0 unspecified atom stereocenters. The molecule has 21 heavy (non-hydrogen) atoms. The van der Waals surface area contributed by atoms with Gasteiger partial charge in [-0.05, 0) is 65.2 Å². The van der Waals surface area contributed by atoms with E-state index in [4.69, 9.17) is 0 Å². The van der Waals surface area contributed by atoms with Crippen molar-refractivity contribution in [3.63, 3.8) is 0 Å². The Balaban J connectivity index is 2.20. The summed E-state index contributed by atoms with van der Waals surface area (Å²) in [5, 5.41) is 2.82. The summed E-state index contributed by atoms with van der Waals surface area (Å²) in [6, 6.07) is 7.49. The number of halogens is 1. The molecule has 0 radical (unpaired) electrons. The number of nitrogens with zero attached hydrogens (tertiary/aromatic N) is 2. The second kappa shape index (κ2) is 6.26. The maximum Gasteiger partial charge on any atom is 0.256 e. The third-order valence-corrected chi connectivity index (χ3v) is 4.06. The Bertz CT molecular complexity index is 683. The van der Waals surface area contributed by atoms with Crippen molar-refractivity contribution in [1.29, 1.82) is 0 Å². The summed E-state index contributed by atoms with van der Waals surface area (Å²) in [6.45, 7) is 3.95. The predicted molar refractivity (Wildman–Crippen MR) is 90.1 cm³/mol. The van der Waals surface area contributed by atoms with Crippen LogP contribution in [0.5, 0.6) is 0 Å². The van der Waals surface area contributed by atoms with Gasteiger partial charge in [0, 0.05) is 36.0 Å². The molecule has 0 saturated heterocycles. The molecule has 2 rings (SSSR count). The number of anilines is 2. The third kappa shape index (κ3) is 3.61. The lowest BCUT2D eigenvalue weighted by Gasteiger charge is -2.16. The second-order valence-corrected chi connectivity index (χ2v) is 6.02. The first-order valence-corrected chi connectivity index (χ1v) is 7.39.